The van der Waals surface area contributed by atoms with Crippen molar-refractivity contribution in [3.05, 3.63) is 101 Å². The Morgan fingerprint density at radius 1 is 1.00 bits per heavy atom. The first-order valence-electron chi connectivity index (χ1n) is 9.77. The summed E-state index contributed by atoms with van der Waals surface area (Å²) in [6, 6.07) is 20.9. The number of thiocarbonyl (C=S) groups is 1. The molecule has 1 heterocycles. The fraction of sp³-hybridized carbons (Fsp3) is 0.200. The smallest absolute Gasteiger partial charge is 0.237 e. The highest BCUT2D eigenvalue weighted by Gasteiger charge is 2.21. The van der Waals surface area contributed by atoms with Crippen molar-refractivity contribution in [1.82, 2.24) is 5.32 Å². The van der Waals surface area contributed by atoms with Gasteiger partial charge in [0.15, 0.2) is 17.4 Å². The van der Waals surface area contributed by atoms with E-state index >= 15 is 0 Å². The molecule has 0 aliphatic carbocycles. The molecule has 154 valence electrons. The first-order valence-corrected chi connectivity index (χ1v) is 10.6. The highest BCUT2D eigenvalue weighted by atomic mass is 35.5. The predicted octanol–water partition coefficient (Wildman–Crippen LogP) is 4.73. The van der Waals surface area contributed by atoms with Crippen molar-refractivity contribution in [2.24, 2.45) is 0 Å². The highest BCUT2D eigenvalue weighted by Crippen LogP contribution is 2.22. The van der Waals surface area contributed by atoms with Crippen molar-refractivity contribution in [3.63, 3.8) is 0 Å². The molecule has 0 unspecified atom stereocenters. The van der Waals surface area contributed by atoms with E-state index in [0.29, 0.717) is 27.8 Å². The maximum absolute atomic E-state index is 13.4. The Morgan fingerprint density at radius 2 is 1.67 bits per heavy atom. The van der Waals surface area contributed by atoms with Crippen molar-refractivity contribution in [1.29, 1.82) is 0 Å². The molecule has 3 rings (SSSR count). The molecule has 0 radical (unpaired) electrons. The van der Waals surface area contributed by atoms with Crippen LogP contribution in [0.2, 0.25) is 5.02 Å². The number of nitrogens with zero attached hydrogens (tertiary/aromatic N) is 1. The lowest BCUT2D eigenvalue weighted by Gasteiger charge is -2.19. The summed E-state index contributed by atoms with van der Waals surface area (Å²) in [6.07, 6.45) is 3.77. The van der Waals surface area contributed by atoms with Crippen LogP contribution in [0, 0.1) is 0 Å². The summed E-state index contributed by atoms with van der Waals surface area (Å²) in [6.45, 7) is 6.99. The number of hydrogen-bond donors (Lipinski definition) is 1. The van der Waals surface area contributed by atoms with E-state index in [1.807, 2.05) is 54.9 Å². The van der Waals surface area contributed by atoms with E-state index in [4.69, 9.17) is 23.8 Å². The average molecular weight is 437 g/mol. The number of halogens is 1. The Balaban J connectivity index is 2.00. The van der Waals surface area contributed by atoms with Crippen LogP contribution in [0.5, 0.6) is 0 Å². The molecule has 5 heteroatoms. The zero-order chi connectivity index (χ0) is 21.7. The van der Waals surface area contributed by atoms with Crippen molar-refractivity contribution < 1.29 is 9.67 Å². The van der Waals surface area contributed by atoms with E-state index < -0.39 is 0 Å². The minimum Gasteiger partial charge on any atom is -0.867 e. The second-order valence-electron chi connectivity index (χ2n) is 8.10. The first-order chi connectivity index (χ1) is 14.3. The Hall–Kier alpha value is -2.69. The van der Waals surface area contributed by atoms with Crippen LogP contribution in [-0.4, -0.2) is 4.99 Å². The van der Waals surface area contributed by atoms with Gasteiger partial charge in [-0.15, -0.1) is 0 Å². The second kappa shape index (κ2) is 9.41. The third-order valence-electron chi connectivity index (χ3n) is 4.77. The summed E-state index contributed by atoms with van der Waals surface area (Å²) < 4.78 is 1.78. The summed E-state index contributed by atoms with van der Waals surface area (Å²) in [4.78, 5) is 0.386. The molecule has 2 aromatic carbocycles. The van der Waals surface area contributed by atoms with Crippen molar-refractivity contribution in [2.75, 3.05) is 0 Å². The summed E-state index contributed by atoms with van der Waals surface area (Å²) in [5.41, 5.74) is 3.17. The highest BCUT2D eigenvalue weighted by molar-refractivity contribution is 7.81. The molecule has 0 bridgehead atoms. The van der Waals surface area contributed by atoms with Gasteiger partial charge in [-0.25, -0.2) is 0 Å². The van der Waals surface area contributed by atoms with E-state index in [0.717, 1.165) is 5.56 Å². The third-order valence-corrected chi connectivity index (χ3v) is 5.34. The molecule has 1 aromatic heterocycles. The minimum absolute atomic E-state index is 0.0162. The van der Waals surface area contributed by atoms with Gasteiger partial charge in [0.1, 0.15) is 0 Å². The summed E-state index contributed by atoms with van der Waals surface area (Å²) in [5.74, 6) is -0.184. The molecule has 0 aliphatic heterocycles. The number of pyridine rings is 1. The average Bonchev–Trinajstić information content (AvgIpc) is 2.73. The minimum atomic E-state index is -0.184. The van der Waals surface area contributed by atoms with Crippen LogP contribution in [0.25, 0.3) is 11.5 Å². The molecule has 0 atom stereocenters. The van der Waals surface area contributed by atoms with E-state index in [1.165, 1.54) is 5.56 Å². The molecule has 0 aliphatic rings. The number of rotatable bonds is 5. The van der Waals surface area contributed by atoms with E-state index in [2.05, 4.69) is 26.1 Å². The lowest BCUT2D eigenvalue weighted by molar-refractivity contribution is -0.578. The number of hydrogen-bond acceptors (Lipinski definition) is 2. The normalized spacial score (nSPS) is 12.3. The van der Waals surface area contributed by atoms with Gasteiger partial charge in [-0.2, -0.15) is 4.57 Å². The molecule has 3 aromatic rings. The molecule has 0 spiro atoms. The van der Waals surface area contributed by atoms with Gasteiger partial charge in [-0.1, -0.05) is 87.1 Å². The SMILES string of the molecule is CC(C)(C)c1cc[n+](C(C(=S)NCc2ccccc2)=C([O-])c2cccc(Cl)c2)cc1. The van der Waals surface area contributed by atoms with Crippen molar-refractivity contribution >= 4 is 40.3 Å². The third kappa shape index (κ3) is 5.47. The van der Waals surface area contributed by atoms with Crippen LogP contribution < -0.4 is 15.0 Å². The summed E-state index contributed by atoms with van der Waals surface area (Å²) >= 11 is 11.8. The Labute approximate surface area is 188 Å². The molecule has 1 N–H and O–H groups in total. The van der Waals surface area contributed by atoms with Gasteiger partial charge in [-0.3, -0.25) is 0 Å². The van der Waals surface area contributed by atoms with E-state index in [9.17, 15) is 5.11 Å². The standard InChI is InChI=1S/C25H25ClN2OS/c1-25(2,3)20-12-14-28(15-13-20)22(23(29)19-10-7-11-21(26)16-19)24(30)27-17-18-8-5-4-6-9-18/h4-16H,17H2,1-3H3,(H-,27,29,30). The van der Waals surface area contributed by atoms with Crippen LogP contribution in [0.3, 0.4) is 0 Å². The molecule has 0 fully saturated rings. The van der Waals surface area contributed by atoms with Crippen LogP contribution in [0.1, 0.15) is 37.5 Å². The molecule has 3 nitrogen and oxygen atoms in total. The first kappa shape index (κ1) is 22.0. The summed E-state index contributed by atoms with van der Waals surface area (Å²) in [7, 11) is 0. The quantitative estimate of drug-likeness (QED) is 0.272. The van der Waals surface area contributed by atoms with Gasteiger partial charge in [0.05, 0.1) is 0 Å². The van der Waals surface area contributed by atoms with Crippen molar-refractivity contribution in [3.8, 4) is 0 Å². The Bertz CT molecular complexity index is 1050. The van der Waals surface area contributed by atoms with Crippen molar-refractivity contribution in [2.45, 2.75) is 32.7 Å². The molecular formula is C25H25ClN2OS. The second-order valence-corrected chi connectivity index (χ2v) is 8.95. The lowest BCUT2D eigenvalue weighted by atomic mass is 9.88. The Kier molecular flexibility index (Phi) is 6.91. The van der Waals surface area contributed by atoms with Crippen LogP contribution in [-0.2, 0) is 12.0 Å². The maximum atomic E-state index is 13.4. The molecule has 0 amide bonds. The van der Waals surface area contributed by atoms with Gasteiger partial charge < -0.3 is 10.4 Å². The largest absolute Gasteiger partial charge is 0.867 e. The van der Waals surface area contributed by atoms with Gasteiger partial charge in [0.2, 0.25) is 5.70 Å². The Morgan fingerprint density at radius 3 is 2.27 bits per heavy atom. The van der Waals surface area contributed by atoms with Gasteiger partial charge >= 0.3 is 0 Å². The van der Waals surface area contributed by atoms with Crippen LogP contribution >= 0.6 is 23.8 Å². The van der Waals surface area contributed by atoms with E-state index in [1.54, 1.807) is 28.8 Å². The zero-order valence-corrected chi connectivity index (χ0v) is 18.9. The van der Waals surface area contributed by atoms with Crippen LogP contribution in [0.15, 0.2) is 79.1 Å². The van der Waals surface area contributed by atoms with Crippen LogP contribution in [0.4, 0.5) is 0 Å². The predicted molar refractivity (Wildman–Crippen MR) is 126 cm³/mol. The molecule has 0 saturated heterocycles. The molecule has 0 saturated carbocycles. The van der Waals surface area contributed by atoms with Gasteiger partial charge in [0.25, 0.3) is 0 Å². The summed E-state index contributed by atoms with van der Waals surface area (Å²) in [5, 5.41) is 17.1. The lowest BCUT2D eigenvalue weighted by Crippen LogP contribution is -2.42. The monoisotopic (exact) mass is 436 g/mol. The molecular weight excluding hydrogens is 412 g/mol. The number of nitrogens with one attached hydrogen (secondary N) is 1. The maximum Gasteiger partial charge on any atom is 0.237 e. The fourth-order valence-electron chi connectivity index (χ4n) is 3.04. The fourth-order valence-corrected chi connectivity index (χ4v) is 3.50. The topological polar surface area (TPSA) is 39.0 Å². The van der Waals surface area contributed by atoms with Gasteiger partial charge in [-0.05, 0) is 40.0 Å². The van der Waals surface area contributed by atoms with E-state index in [-0.39, 0.29) is 11.2 Å². The van der Waals surface area contributed by atoms with Gasteiger partial charge in [0, 0.05) is 23.7 Å². The number of aromatic nitrogens is 1. The zero-order valence-electron chi connectivity index (χ0n) is 17.4. The molecule has 30 heavy (non-hydrogen) atoms. The number of benzene rings is 2.